The van der Waals surface area contributed by atoms with Crippen molar-refractivity contribution in [2.75, 3.05) is 19.4 Å². The summed E-state index contributed by atoms with van der Waals surface area (Å²) in [6.07, 6.45) is 4.05. The van der Waals surface area contributed by atoms with Crippen LogP contribution in [0.2, 0.25) is 0 Å². The lowest BCUT2D eigenvalue weighted by Gasteiger charge is -2.39. The normalized spacial score (nSPS) is 15.6. The van der Waals surface area contributed by atoms with E-state index in [4.69, 9.17) is 4.74 Å². The molecule has 6 nitrogen and oxygen atoms in total. The van der Waals surface area contributed by atoms with Crippen molar-refractivity contribution in [1.82, 2.24) is 4.72 Å². The van der Waals surface area contributed by atoms with Crippen molar-refractivity contribution in [2.45, 2.75) is 31.1 Å². The Kier molecular flexibility index (Phi) is 6.32. The van der Waals surface area contributed by atoms with Gasteiger partial charge in [0.15, 0.2) is 6.61 Å². The summed E-state index contributed by atoms with van der Waals surface area (Å²) in [4.78, 5) is 26.5. The number of hydrogen-bond acceptors (Lipinski definition) is 6. The lowest BCUT2D eigenvalue weighted by Crippen LogP contribution is -2.44. The van der Waals surface area contributed by atoms with Crippen LogP contribution in [-0.4, -0.2) is 39.6 Å². The largest absolute Gasteiger partial charge is 0.457 e. The van der Waals surface area contributed by atoms with Crippen LogP contribution in [0.4, 0.5) is 0 Å². The molecule has 1 aliphatic rings. The first kappa shape index (κ1) is 20.7. The second kappa shape index (κ2) is 8.55. The molecule has 1 heterocycles. The van der Waals surface area contributed by atoms with E-state index in [0.29, 0.717) is 11.3 Å². The highest BCUT2D eigenvalue weighted by Gasteiger charge is 2.47. The molecule has 0 saturated heterocycles. The van der Waals surface area contributed by atoms with Crippen LogP contribution >= 0.6 is 11.3 Å². The zero-order valence-electron chi connectivity index (χ0n) is 15.6. The number of ketones is 1. The molecule has 1 aromatic carbocycles. The first-order chi connectivity index (χ1) is 13.3. The highest BCUT2D eigenvalue weighted by Crippen LogP contribution is 2.44. The standard InChI is InChI=1S/C20H23NO5S2/c1-28(24,25)21-13-10-16-8-9-18(27-16)17(22)14-26-19(23)20(11-5-12-20)15-6-3-2-4-7-15/h2-4,6-9,21H,5,10-14H2,1H3. The zero-order chi connectivity index (χ0) is 20.2. The van der Waals surface area contributed by atoms with Gasteiger partial charge in [-0.3, -0.25) is 9.59 Å². The molecule has 1 aliphatic carbocycles. The molecule has 0 unspecified atom stereocenters. The molecule has 1 fully saturated rings. The number of nitrogens with one attached hydrogen (secondary N) is 1. The molecular weight excluding hydrogens is 398 g/mol. The molecule has 8 heteroatoms. The predicted octanol–water partition coefficient (Wildman–Crippen LogP) is 2.69. The van der Waals surface area contributed by atoms with Crippen LogP contribution < -0.4 is 4.72 Å². The van der Waals surface area contributed by atoms with Gasteiger partial charge in [-0.25, -0.2) is 13.1 Å². The molecule has 2 aromatic rings. The predicted molar refractivity (Wildman–Crippen MR) is 108 cm³/mol. The van der Waals surface area contributed by atoms with Crippen LogP contribution in [0.5, 0.6) is 0 Å². The van der Waals surface area contributed by atoms with Crippen LogP contribution in [0, 0.1) is 0 Å². The average Bonchev–Trinajstić information content (AvgIpc) is 3.07. The Morgan fingerprint density at radius 1 is 1.14 bits per heavy atom. The zero-order valence-corrected chi connectivity index (χ0v) is 17.3. The summed E-state index contributed by atoms with van der Waals surface area (Å²) in [7, 11) is -3.23. The maximum absolute atomic E-state index is 12.7. The van der Waals surface area contributed by atoms with Gasteiger partial charge in [-0.05, 0) is 37.0 Å². The molecule has 0 spiro atoms. The van der Waals surface area contributed by atoms with Gasteiger partial charge in [0.05, 0.1) is 16.5 Å². The Labute approximate surface area is 169 Å². The number of hydrogen-bond donors (Lipinski definition) is 1. The van der Waals surface area contributed by atoms with Gasteiger partial charge in [-0.15, -0.1) is 11.3 Å². The van der Waals surface area contributed by atoms with Crippen molar-refractivity contribution >= 4 is 33.1 Å². The minimum Gasteiger partial charge on any atom is -0.457 e. The quantitative estimate of drug-likeness (QED) is 0.497. The van der Waals surface area contributed by atoms with E-state index in [0.717, 1.165) is 36.0 Å². The summed E-state index contributed by atoms with van der Waals surface area (Å²) in [5.74, 6) is -0.587. The van der Waals surface area contributed by atoms with E-state index in [1.165, 1.54) is 11.3 Å². The molecule has 1 N–H and O–H groups in total. The highest BCUT2D eigenvalue weighted by molar-refractivity contribution is 7.88. The Balaban J connectivity index is 1.55. The van der Waals surface area contributed by atoms with Crippen molar-refractivity contribution < 1.29 is 22.7 Å². The molecule has 1 saturated carbocycles. The van der Waals surface area contributed by atoms with E-state index in [9.17, 15) is 18.0 Å². The third-order valence-corrected chi connectivity index (χ3v) is 6.85. The number of rotatable bonds is 9. The number of esters is 1. The van der Waals surface area contributed by atoms with Crippen molar-refractivity contribution in [3.63, 3.8) is 0 Å². The second-order valence-electron chi connectivity index (χ2n) is 6.98. The second-order valence-corrected chi connectivity index (χ2v) is 9.98. The Bertz CT molecular complexity index is 946. The van der Waals surface area contributed by atoms with Gasteiger partial charge in [0.25, 0.3) is 0 Å². The number of Topliss-reactive ketones (excluding diaryl/α,β-unsaturated/α-hetero) is 1. The van der Waals surface area contributed by atoms with Crippen molar-refractivity contribution in [1.29, 1.82) is 0 Å². The monoisotopic (exact) mass is 421 g/mol. The Morgan fingerprint density at radius 3 is 2.46 bits per heavy atom. The summed E-state index contributed by atoms with van der Waals surface area (Å²) in [6.45, 7) is -0.00345. The molecule has 150 valence electrons. The number of carbonyl (C=O) groups excluding carboxylic acids is 2. The van der Waals surface area contributed by atoms with E-state index in [1.807, 2.05) is 30.3 Å². The summed E-state index contributed by atoms with van der Waals surface area (Å²) in [5, 5.41) is 0. The summed E-state index contributed by atoms with van der Waals surface area (Å²) < 4.78 is 30.0. The molecule has 1 aromatic heterocycles. The van der Waals surface area contributed by atoms with Gasteiger partial charge in [0.2, 0.25) is 15.8 Å². The fourth-order valence-electron chi connectivity index (χ4n) is 3.26. The van der Waals surface area contributed by atoms with Crippen LogP contribution in [0.25, 0.3) is 0 Å². The number of sulfonamides is 1. The Hall–Kier alpha value is -2.03. The average molecular weight is 422 g/mol. The maximum atomic E-state index is 12.7. The van der Waals surface area contributed by atoms with Crippen molar-refractivity contribution in [3.05, 3.63) is 57.8 Å². The molecule has 0 amide bonds. The molecule has 0 radical (unpaired) electrons. The van der Waals surface area contributed by atoms with Gasteiger partial charge in [-0.2, -0.15) is 0 Å². The third-order valence-electron chi connectivity index (χ3n) is 4.93. The van der Waals surface area contributed by atoms with E-state index in [2.05, 4.69) is 4.72 Å². The van der Waals surface area contributed by atoms with Crippen LogP contribution in [0.1, 0.15) is 39.4 Å². The molecular formula is C20H23NO5S2. The Morgan fingerprint density at radius 2 is 1.86 bits per heavy atom. The van der Waals surface area contributed by atoms with E-state index in [1.54, 1.807) is 12.1 Å². The van der Waals surface area contributed by atoms with Crippen molar-refractivity contribution in [2.24, 2.45) is 0 Å². The van der Waals surface area contributed by atoms with Gasteiger partial charge in [0.1, 0.15) is 0 Å². The van der Waals surface area contributed by atoms with Gasteiger partial charge in [-0.1, -0.05) is 36.8 Å². The third kappa shape index (κ3) is 4.87. The molecule has 0 atom stereocenters. The fraction of sp³-hybridized carbons (Fsp3) is 0.400. The lowest BCUT2D eigenvalue weighted by atomic mass is 9.64. The first-order valence-electron chi connectivity index (χ1n) is 9.09. The maximum Gasteiger partial charge on any atom is 0.317 e. The summed E-state index contributed by atoms with van der Waals surface area (Å²) in [5.41, 5.74) is 0.315. The molecule has 3 rings (SSSR count). The minimum absolute atomic E-state index is 0.247. The van der Waals surface area contributed by atoms with E-state index >= 15 is 0 Å². The smallest absolute Gasteiger partial charge is 0.317 e. The number of carbonyl (C=O) groups is 2. The fourth-order valence-corrected chi connectivity index (χ4v) is 4.66. The van der Waals surface area contributed by atoms with Gasteiger partial charge >= 0.3 is 5.97 Å². The van der Waals surface area contributed by atoms with Gasteiger partial charge < -0.3 is 4.74 Å². The number of ether oxygens (including phenoxy) is 1. The SMILES string of the molecule is CS(=O)(=O)NCCc1ccc(C(=O)COC(=O)C2(c3ccccc3)CCC2)s1. The topological polar surface area (TPSA) is 89.5 Å². The van der Waals surface area contributed by atoms with Crippen LogP contribution in [0.3, 0.4) is 0 Å². The van der Waals surface area contributed by atoms with Gasteiger partial charge in [0, 0.05) is 11.4 Å². The molecule has 0 bridgehead atoms. The van der Waals surface area contributed by atoms with Crippen LogP contribution in [0.15, 0.2) is 42.5 Å². The molecule has 0 aliphatic heterocycles. The summed E-state index contributed by atoms with van der Waals surface area (Å²) >= 11 is 1.29. The molecule has 28 heavy (non-hydrogen) atoms. The van der Waals surface area contributed by atoms with E-state index < -0.39 is 15.4 Å². The number of benzene rings is 1. The van der Waals surface area contributed by atoms with E-state index in [-0.39, 0.29) is 24.9 Å². The van der Waals surface area contributed by atoms with Crippen molar-refractivity contribution in [3.8, 4) is 0 Å². The lowest BCUT2D eigenvalue weighted by molar-refractivity contribution is -0.153. The summed E-state index contributed by atoms with van der Waals surface area (Å²) in [6, 6.07) is 13.1. The highest BCUT2D eigenvalue weighted by atomic mass is 32.2. The van der Waals surface area contributed by atoms with Crippen LogP contribution in [-0.2, 0) is 31.4 Å². The number of thiophene rings is 1. The minimum atomic E-state index is -3.23. The first-order valence-corrected chi connectivity index (χ1v) is 11.8.